The number of aromatic nitrogens is 3. The van der Waals surface area contributed by atoms with E-state index < -0.39 is 4.92 Å². The highest BCUT2D eigenvalue weighted by Crippen LogP contribution is 2.21. The van der Waals surface area contributed by atoms with E-state index in [-0.39, 0.29) is 5.69 Å². The van der Waals surface area contributed by atoms with Crippen molar-refractivity contribution in [3.63, 3.8) is 0 Å². The Morgan fingerprint density at radius 3 is 2.76 bits per heavy atom. The van der Waals surface area contributed by atoms with Crippen LogP contribution in [0.1, 0.15) is 5.56 Å². The van der Waals surface area contributed by atoms with Gasteiger partial charge in [-0.05, 0) is 36.5 Å². The number of ether oxygens (including phenoxy) is 1. The third kappa shape index (κ3) is 3.61. The summed E-state index contributed by atoms with van der Waals surface area (Å²) in [6, 6.07) is 13.4. The standard InChI is InChI=1S/C16H13N5O3S/c1-24-14-7-5-12(6-8-14)15-18-19-16(25)20(15)17-10-11-3-2-4-13(9-11)21(22)23/h2-10H,1H3,(H,19,25). The van der Waals surface area contributed by atoms with Crippen molar-refractivity contribution in [2.24, 2.45) is 5.10 Å². The van der Waals surface area contributed by atoms with E-state index in [1.54, 1.807) is 19.2 Å². The predicted molar refractivity (Wildman–Crippen MR) is 95.5 cm³/mol. The first-order valence-corrected chi connectivity index (χ1v) is 7.60. The van der Waals surface area contributed by atoms with Crippen LogP contribution in [0.2, 0.25) is 0 Å². The highest BCUT2D eigenvalue weighted by Gasteiger charge is 2.09. The van der Waals surface area contributed by atoms with Crippen LogP contribution in [0, 0.1) is 14.9 Å². The summed E-state index contributed by atoms with van der Waals surface area (Å²) >= 11 is 5.20. The number of rotatable bonds is 5. The quantitative estimate of drug-likeness (QED) is 0.327. The van der Waals surface area contributed by atoms with Gasteiger partial charge in [-0.2, -0.15) is 14.9 Å². The van der Waals surface area contributed by atoms with E-state index in [9.17, 15) is 10.1 Å². The van der Waals surface area contributed by atoms with Gasteiger partial charge in [0.2, 0.25) is 4.77 Å². The zero-order valence-corrected chi connectivity index (χ0v) is 13.9. The van der Waals surface area contributed by atoms with Gasteiger partial charge in [-0.15, -0.1) is 0 Å². The fourth-order valence-corrected chi connectivity index (χ4v) is 2.35. The van der Waals surface area contributed by atoms with E-state index in [1.807, 2.05) is 24.3 Å². The van der Waals surface area contributed by atoms with Crippen LogP contribution in [0.5, 0.6) is 5.75 Å². The summed E-state index contributed by atoms with van der Waals surface area (Å²) in [4.78, 5) is 10.4. The molecule has 3 aromatic rings. The van der Waals surface area contributed by atoms with Crippen molar-refractivity contribution in [1.82, 2.24) is 14.9 Å². The fraction of sp³-hybridized carbons (Fsp3) is 0.0625. The minimum Gasteiger partial charge on any atom is -0.497 e. The van der Waals surface area contributed by atoms with Crippen LogP contribution >= 0.6 is 12.2 Å². The van der Waals surface area contributed by atoms with Crippen molar-refractivity contribution in [2.45, 2.75) is 0 Å². The molecule has 0 fully saturated rings. The van der Waals surface area contributed by atoms with Crippen LogP contribution in [0.25, 0.3) is 11.4 Å². The molecular weight excluding hydrogens is 342 g/mol. The summed E-state index contributed by atoms with van der Waals surface area (Å²) in [6.45, 7) is 0. The van der Waals surface area contributed by atoms with Gasteiger partial charge in [0.05, 0.1) is 18.2 Å². The molecule has 0 aliphatic carbocycles. The van der Waals surface area contributed by atoms with Crippen LogP contribution in [0.3, 0.4) is 0 Å². The number of methoxy groups -OCH3 is 1. The lowest BCUT2D eigenvalue weighted by Gasteiger charge is -2.03. The maximum absolute atomic E-state index is 10.8. The molecule has 3 rings (SSSR count). The van der Waals surface area contributed by atoms with Crippen molar-refractivity contribution in [3.8, 4) is 17.1 Å². The molecule has 1 N–H and O–H groups in total. The predicted octanol–water partition coefficient (Wildman–Crippen LogP) is 3.41. The molecule has 0 unspecified atom stereocenters. The first-order valence-electron chi connectivity index (χ1n) is 7.19. The van der Waals surface area contributed by atoms with Gasteiger partial charge in [0.15, 0.2) is 5.82 Å². The number of nitro groups is 1. The molecule has 0 aliphatic heterocycles. The molecule has 0 bridgehead atoms. The first kappa shape index (κ1) is 16.5. The third-order valence-corrected chi connectivity index (χ3v) is 3.67. The molecule has 0 radical (unpaired) electrons. The highest BCUT2D eigenvalue weighted by molar-refractivity contribution is 7.71. The highest BCUT2D eigenvalue weighted by atomic mass is 32.1. The molecule has 9 heteroatoms. The van der Waals surface area contributed by atoms with Crippen LogP contribution in [-0.2, 0) is 0 Å². The van der Waals surface area contributed by atoms with Gasteiger partial charge in [-0.25, -0.2) is 5.10 Å². The van der Waals surface area contributed by atoms with E-state index >= 15 is 0 Å². The second-order valence-electron chi connectivity index (χ2n) is 4.99. The van der Waals surface area contributed by atoms with E-state index in [2.05, 4.69) is 15.3 Å². The number of nitrogens with one attached hydrogen (secondary N) is 1. The molecule has 8 nitrogen and oxygen atoms in total. The molecule has 25 heavy (non-hydrogen) atoms. The molecule has 0 aliphatic rings. The van der Waals surface area contributed by atoms with Crippen LogP contribution in [-0.4, -0.2) is 33.1 Å². The zero-order chi connectivity index (χ0) is 17.8. The molecule has 126 valence electrons. The molecule has 2 aromatic carbocycles. The van der Waals surface area contributed by atoms with Crippen molar-refractivity contribution in [1.29, 1.82) is 0 Å². The lowest BCUT2D eigenvalue weighted by molar-refractivity contribution is -0.384. The van der Waals surface area contributed by atoms with Crippen LogP contribution < -0.4 is 4.74 Å². The Morgan fingerprint density at radius 1 is 1.32 bits per heavy atom. The Bertz CT molecular complexity index is 992. The van der Waals surface area contributed by atoms with Gasteiger partial charge in [0.1, 0.15) is 5.75 Å². The van der Waals surface area contributed by atoms with Crippen molar-refractivity contribution >= 4 is 24.1 Å². The molecule has 1 aromatic heterocycles. The van der Waals surface area contributed by atoms with Crippen LogP contribution in [0.15, 0.2) is 53.6 Å². The first-order chi connectivity index (χ1) is 12.1. The number of nitrogens with zero attached hydrogens (tertiary/aromatic N) is 4. The monoisotopic (exact) mass is 355 g/mol. The maximum Gasteiger partial charge on any atom is 0.270 e. The fourth-order valence-electron chi connectivity index (χ4n) is 2.17. The molecule has 0 saturated heterocycles. The summed E-state index contributed by atoms with van der Waals surface area (Å²) in [5.74, 6) is 1.25. The Labute approximate surface area is 147 Å². The average molecular weight is 355 g/mol. The molecule has 0 atom stereocenters. The number of aromatic amines is 1. The lowest BCUT2D eigenvalue weighted by Crippen LogP contribution is -1.96. The van der Waals surface area contributed by atoms with E-state index in [0.29, 0.717) is 16.2 Å². The zero-order valence-electron chi connectivity index (χ0n) is 13.1. The SMILES string of the molecule is COc1ccc(-c2n[nH]c(=S)n2N=Cc2cccc([N+](=O)[O-])c2)cc1. The molecule has 0 spiro atoms. The van der Waals surface area contributed by atoms with Gasteiger partial charge >= 0.3 is 0 Å². The number of hydrogen-bond donors (Lipinski definition) is 1. The largest absolute Gasteiger partial charge is 0.497 e. The summed E-state index contributed by atoms with van der Waals surface area (Å²) < 4.78 is 6.90. The normalized spacial score (nSPS) is 10.9. The number of hydrogen-bond acceptors (Lipinski definition) is 6. The van der Waals surface area contributed by atoms with Crippen molar-refractivity contribution in [2.75, 3.05) is 7.11 Å². The van der Waals surface area contributed by atoms with E-state index in [0.717, 1.165) is 11.3 Å². The second-order valence-corrected chi connectivity index (χ2v) is 5.38. The molecular formula is C16H13N5O3S. The summed E-state index contributed by atoms with van der Waals surface area (Å²) in [5, 5.41) is 22.0. The maximum atomic E-state index is 10.8. The number of non-ortho nitro benzene ring substituents is 1. The van der Waals surface area contributed by atoms with Gasteiger partial charge in [0.25, 0.3) is 5.69 Å². The average Bonchev–Trinajstić information content (AvgIpc) is 3.01. The molecule has 0 amide bonds. The summed E-state index contributed by atoms with van der Waals surface area (Å²) in [6.07, 6.45) is 1.49. The van der Waals surface area contributed by atoms with Gasteiger partial charge in [-0.3, -0.25) is 10.1 Å². The van der Waals surface area contributed by atoms with Crippen molar-refractivity contribution in [3.05, 3.63) is 69.0 Å². The molecule has 0 saturated carbocycles. The van der Waals surface area contributed by atoms with Gasteiger partial charge in [0, 0.05) is 23.3 Å². The Balaban J connectivity index is 1.95. The van der Waals surface area contributed by atoms with Crippen molar-refractivity contribution < 1.29 is 9.66 Å². The van der Waals surface area contributed by atoms with E-state index in [1.165, 1.54) is 23.0 Å². The second kappa shape index (κ2) is 7.05. The van der Waals surface area contributed by atoms with Gasteiger partial charge in [-0.1, -0.05) is 12.1 Å². The lowest BCUT2D eigenvalue weighted by atomic mass is 10.2. The van der Waals surface area contributed by atoms with Gasteiger partial charge < -0.3 is 4.74 Å². The Morgan fingerprint density at radius 2 is 2.08 bits per heavy atom. The number of nitro benzene ring substituents is 1. The number of benzene rings is 2. The number of H-pyrrole nitrogens is 1. The summed E-state index contributed by atoms with van der Waals surface area (Å²) in [5.41, 5.74) is 1.37. The Hall–Kier alpha value is -3.33. The Kier molecular flexibility index (Phi) is 4.66. The third-order valence-electron chi connectivity index (χ3n) is 3.40. The topological polar surface area (TPSA) is 98.3 Å². The van der Waals surface area contributed by atoms with E-state index in [4.69, 9.17) is 17.0 Å². The minimum atomic E-state index is -0.455. The smallest absolute Gasteiger partial charge is 0.270 e. The minimum absolute atomic E-state index is 0.00452. The van der Waals surface area contributed by atoms with Crippen LogP contribution in [0.4, 0.5) is 5.69 Å². The molecule has 1 heterocycles. The summed E-state index contributed by atoms with van der Waals surface area (Å²) in [7, 11) is 1.59.